The Hall–Kier alpha value is -3.10. The third kappa shape index (κ3) is 6.70. The third-order valence-corrected chi connectivity index (χ3v) is 4.92. The van der Waals surface area contributed by atoms with Crippen LogP contribution in [0.4, 0.5) is 10.5 Å². The van der Waals surface area contributed by atoms with Gasteiger partial charge in [0.15, 0.2) is 0 Å². The van der Waals surface area contributed by atoms with Crippen LogP contribution in [0.15, 0.2) is 30.3 Å². The largest absolute Gasteiger partial charge is 0.465 e. The van der Waals surface area contributed by atoms with E-state index >= 15 is 0 Å². The lowest BCUT2D eigenvalue weighted by Crippen LogP contribution is -2.55. The predicted octanol–water partition coefficient (Wildman–Crippen LogP) is 2.49. The SMILES string of the molecule is CCOC(=O)CNC(=O)[C@H](C)N(C(=O)[C@@H]1CCCN1C(=O)OC(C)(C)C)c1ccccc1. The first-order valence-corrected chi connectivity index (χ1v) is 10.9. The van der Waals surface area contributed by atoms with Crippen molar-refractivity contribution < 1.29 is 28.7 Å². The summed E-state index contributed by atoms with van der Waals surface area (Å²) in [6, 6.07) is 7.11. The van der Waals surface area contributed by atoms with Crippen LogP contribution in [0.2, 0.25) is 0 Å². The number of nitrogens with one attached hydrogen (secondary N) is 1. The van der Waals surface area contributed by atoms with Crippen LogP contribution in [0.1, 0.15) is 47.5 Å². The van der Waals surface area contributed by atoms with Crippen LogP contribution in [0.25, 0.3) is 0 Å². The summed E-state index contributed by atoms with van der Waals surface area (Å²) >= 11 is 0. The van der Waals surface area contributed by atoms with Gasteiger partial charge in [-0.15, -0.1) is 0 Å². The average Bonchev–Trinajstić information content (AvgIpc) is 3.22. The minimum absolute atomic E-state index is 0.209. The number of nitrogens with zero attached hydrogens (tertiary/aromatic N) is 2. The van der Waals surface area contributed by atoms with Gasteiger partial charge in [-0.2, -0.15) is 0 Å². The first-order chi connectivity index (χ1) is 15.0. The molecule has 1 aliphatic rings. The van der Waals surface area contributed by atoms with Gasteiger partial charge in [0, 0.05) is 12.2 Å². The van der Waals surface area contributed by atoms with Crippen molar-refractivity contribution in [3.8, 4) is 0 Å². The van der Waals surface area contributed by atoms with Crippen LogP contribution in [-0.2, 0) is 23.9 Å². The Morgan fingerprint density at radius 2 is 1.84 bits per heavy atom. The smallest absolute Gasteiger partial charge is 0.410 e. The zero-order chi connectivity index (χ0) is 23.9. The number of esters is 1. The molecule has 0 aromatic heterocycles. The van der Waals surface area contributed by atoms with Crippen LogP contribution in [0.5, 0.6) is 0 Å². The molecule has 1 N–H and O–H groups in total. The second-order valence-electron chi connectivity index (χ2n) is 8.57. The zero-order valence-corrected chi connectivity index (χ0v) is 19.4. The second-order valence-corrected chi connectivity index (χ2v) is 8.57. The number of rotatable bonds is 7. The number of likely N-dealkylation sites (tertiary alicyclic amines) is 1. The highest BCUT2D eigenvalue weighted by Gasteiger charge is 2.41. The van der Waals surface area contributed by atoms with E-state index in [0.717, 1.165) is 0 Å². The maximum Gasteiger partial charge on any atom is 0.410 e. The van der Waals surface area contributed by atoms with Gasteiger partial charge < -0.3 is 14.8 Å². The molecule has 0 unspecified atom stereocenters. The molecular formula is C23H33N3O6. The zero-order valence-electron chi connectivity index (χ0n) is 19.4. The fourth-order valence-corrected chi connectivity index (χ4v) is 3.49. The number of carbonyl (C=O) groups is 4. The molecule has 1 fully saturated rings. The fraction of sp³-hybridized carbons (Fsp3) is 0.565. The van der Waals surface area contributed by atoms with E-state index in [9.17, 15) is 19.2 Å². The molecule has 0 bridgehead atoms. The minimum atomic E-state index is -0.916. The van der Waals surface area contributed by atoms with Gasteiger partial charge in [0.1, 0.15) is 24.2 Å². The summed E-state index contributed by atoms with van der Waals surface area (Å²) in [5.74, 6) is -1.44. The highest BCUT2D eigenvalue weighted by atomic mass is 16.6. The fourth-order valence-electron chi connectivity index (χ4n) is 3.49. The van der Waals surface area contributed by atoms with Crippen molar-refractivity contribution >= 4 is 29.6 Å². The van der Waals surface area contributed by atoms with E-state index in [1.807, 2.05) is 0 Å². The lowest BCUT2D eigenvalue weighted by molar-refractivity contribution is -0.143. The molecule has 0 radical (unpaired) electrons. The number of carbonyl (C=O) groups excluding carboxylic acids is 4. The molecule has 1 aromatic carbocycles. The van der Waals surface area contributed by atoms with Crippen molar-refractivity contribution in [1.82, 2.24) is 10.2 Å². The molecule has 1 aliphatic heterocycles. The summed E-state index contributed by atoms with van der Waals surface area (Å²) in [7, 11) is 0. The molecule has 0 spiro atoms. The molecule has 9 nitrogen and oxygen atoms in total. The molecule has 2 atom stereocenters. The molecule has 2 rings (SSSR count). The number of ether oxygens (including phenoxy) is 2. The lowest BCUT2D eigenvalue weighted by atomic mass is 10.1. The lowest BCUT2D eigenvalue weighted by Gasteiger charge is -2.34. The van der Waals surface area contributed by atoms with Gasteiger partial charge in [-0.3, -0.25) is 24.2 Å². The summed E-state index contributed by atoms with van der Waals surface area (Å²) in [5, 5.41) is 2.52. The molecule has 0 aliphatic carbocycles. The van der Waals surface area contributed by atoms with Gasteiger partial charge in [-0.1, -0.05) is 18.2 Å². The van der Waals surface area contributed by atoms with Gasteiger partial charge in [0.05, 0.1) is 6.61 Å². The maximum absolute atomic E-state index is 13.6. The Bertz CT molecular complexity index is 821. The first kappa shape index (κ1) is 25.2. The molecule has 1 saturated heterocycles. The maximum atomic E-state index is 13.6. The van der Waals surface area contributed by atoms with E-state index in [-0.39, 0.29) is 19.1 Å². The molecule has 1 heterocycles. The Morgan fingerprint density at radius 1 is 1.19 bits per heavy atom. The quantitative estimate of drug-likeness (QED) is 0.644. The Balaban J connectivity index is 2.24. The third-order valence-electron chi connectivity index (χ3n) is 4.92. The summed E-state index contributed by atoms with van der Waals surface area (Å²) in [6.45, 7) is 8.88. The Labute approximate surface area is 189 Å². The van der Waals surface area contributed by atoms with Gasteiger partial charge in [-0.05, 0) is 59.6 Å². The van der Waals surface area contributed by atoms with Gasteiger partial charge >= 0.3 is 12.1 Å². The van der Waals surface area contributed by atoms with Crippen molar-refractivity contribution in [2.75, 3.05) is 24.6 Å². The molecule has 1 aromatic rings. The number of hydrogen-bond donors (Lipinski definition) is 1. The van der Waals surface area contributed by atoms with Gasteiger partial charge in [-0.25, -0.2) is 4.79 Å². The van der Waals surface area contributed by atoms with E-state index < -0.39 is 35.7 Å². The normalized spacial score (nSPS) is 16.8. The van der Waals surface area contributed by atoms with Crippen LogP contribution in [0.3, 0.4) is 0 Å². The summed E-state index contributed by atoms with van der Waals surface area (Å²) in [5.41, 5.74) is -0.167. The number of anilines is 1. The number of para-hydroxylation sites is 1. The average molecular weight is 448 g/mol. The summed E-state index contributed by atoms with van der Waals surface area (Å²) in [6.07, 6.45) is 0.570. The number of benzene rings is 1. The van der Waals surface area contributed by atoms with Crippen molar-refractivity contribution in [2.45, 2.75) is 65.1 Å². The Morgan fingerprint density at radius 3 is 2.44 bits per heavy atom. The summed E-state index contributed by atoms with van der Waals surface area (Å²) < 4.78 is 10.3. The highest BCUT2D eigenvalue weighted by Crippen LogP contribution is 2.26. The second kappa shape index (κ2) is 11.0. The molecule has 32 heavy (non-hydrogen) atoms. The number of amides is 3. The van der Waals surface area contributed by atoms with Crippen molar-refractivity contribution in [1.29, 1.82) is 0 Å². The van der Waals surface area contributed by atoms with Crippen molar-refractivity contribution in [3.63, 3.8) is 0 Å². The van der Waals surface area contributed by atoms with E-state index in [0.29, 0.717) is 25.1 Å². The predicted molar refractivity (Wildman–Crippen MR) is 119 cm³/mol. The minimum Gasteiger partial charge on any atom is -0.465 e. The van der Waals surface area contributed by atoms with Crippen molar-refractivity contribution in [2.24, 2.45) is 0 Å². The monoisotopic (exact) mass is 447 g/mol. The molecule has 176 valence electrons. The molecule has 9 heteroatoms. The van der Waals surface area contributed by atoms with Crippen LogP contribution < -0.4 is 10.2 Å². The molecule has 3 amide bonds. The topological polar surface area (TPSA) is 105 Å². The summed E-state index contributed by atoms with van der Waals surface area (Å²) in [4.78, 5) is 53.5. The molecule has 0 saturated carbocycles. The Kier molecular flexibility index (Phi) is 8.63. The van der Waals surface area contributed by atoms with E-state index in [1.165, 1.54) is 9.80 Å². The van der Waals surface area contributed by atoms with Gasteiger partial charge in [0.25, 0.3) is 5.91 Å². The highest BCUT2D eigenvalue weighted by molar-refractivity contribution is 6.04. The standard InChI is InChI=1S/C23H33N3O6/c1-6-31-19(27)15-24-20(28)16(2)26(17-11-8-7-9-12-17)21(29)18-13-10-14-25(18)22(30)32-23(3,4)5/h7-9,11-12,16,18H,6,10,13-15H2,1-5H3,(H,24,28)/t16-,18-/m0/s1. The van der Waals surface area contributed by atoms with Crippen LogP contribution >= 0.6 is 0 Å². The first-order valence-electron chi connectivity index (χ1n) is 10.9. The van der Waals surface area contributed by atoms with Gasteiger partial charge in [0.2, 0.25) is 5.91 Å². The van der Waals surface area contributed by atoms with E-state index in [4.69, 9.17) is 9.47 Å². The van der Waals surface area contributed by atoms with E-state index in [2.05, 4.69) is 5.32 Å². The number of hydrogen-bond acceptors (Lipinski definition) is 6. The van der Waals surface area contributed by atoms with Crippen LogP contribution in [-0.4, -0.2) is 66.2 Å². The van der Waals surface area contributed by atoms with Crippen LogP contribution in [0, 0.1) is 0 Å². The van der Waals surface area contributed by atoms with Crippen molar-refractivity contribution in [3.05, 3.63) is 30.3 Å². The molecular weight excluding hydrogens is 414 g/mol. The van der Waals surface area contributed by atoms with E-state index in [1.54, 1.807) is 65.0 Å².